The van der Waals surface area contributed by atoms with Gasteiger partial charge in [0.2, 0.25) is 0 Å². The summed E-state index contributed by atoms with van der Waals surface area (Å²) >= 11 is 0. The summed E-state index contributed by atoms with van der Waals surface area (Å²) in [5, 5.41) is 0.929. The second kappa shape index (κ2) is 13.2. The number of furan rings is 1. The van der Waals surface area contributed by atoms with Gasteiger partial charge in [0, 0.05) is 33.8 Å². The van der Waals surface area contributed by atoms with Gasteiger partial charge >= 0.3 is 0 Å². The lowest BCUT2D eigenvalue weighted by Crippen LogP contribution is -2.61. The Hall–Kier alpha value is -4.70. The topological polar surface area (TPSA) is 19.6 Å². The number of hydrogen-bond acceptors (Lipinski definition) is 3. The molecule has 0 spiro atoms. The van der Waals surface area contributed by atoms with E-state index in [9.17, 15) is 5.48 Å². The van der Waals surface area contributed by atoms with Gasteiger partial charge in [-0.1, -0.05) is 141 Å². The fraction of sp³-hybridized carbons (Fsp3) is 0.439. The monoisotopic (exact) mass is 813 g/mol. The van der Waals surface area contributed by atoms with E-state index >= 15 is 0 Å². The Bertz CT molecular complexity index is 2940. The first-order valence-corrected chi connectivity index (χ1v) is 22.6. The summed E-state index contributed by atoms with van der Waals surface area (Å²) in [5.74, 6) is 0. The fourth-order valence-corrected chi connectivity index (χ4v) is 10.1. The Morgan fingerprint density at radius 2 is 1.08 bits per heavy atom. The van der Waals surface area contributed by atoms with Gasteiger partial charge in [0.25, 0.3) is 6.71 Å². The van der Waals surface area contributed by atoms with Gasteiger partial charge < -0.3 is 14.2 Å². The van der Waals surface area contributed by atoms with E-state index < -0.39 is 5.41 Å². The van der Waals surface area contributed by atoms with Crippen LogP contribution in [0.25, 0.3) is 11.0 Å². The Balaban J connectivity index is 1.47. The molecule has 0 saturated heterocycles. The first kappa shape index (κ1) is 36.9. The largest absolute Gasteiger partial charge is 0.468 e. The molecule has 3 heterocycles. The normalized spacial score (nSPS) is 17.9. The first-order chi connectivity index (χ1) is 29.8. The maximum atomic E-state index is 9.88. The van der Waals surface area contributed by atoms with Crippen LogP contribution in [0.1, 0.15) is 168 Å². The van der Waals surface area contributed by atoms with Crippen LogP contribution in [0, 0.1) is 6.92 Å². The zero-order valence-electron chi connectivity index (χ0n) is 44.1. The molecule has 0 unspecified atom stereocenters. The van der Waals surface area contributed by atoms with Gasteiger partial charge in [-0.15, -0.1) is 0 Å². The molecule has 3 nitrogen and oxygen atoms in total. The molecule has 9 rings (SSSR count). The molecule has 0 saturated carbocycles. The van der Waals surface area contributed by atoms with Crippen LogP contribution in [-0.4, -0.2) is 6.71 Å². The van der Waals surface area contributed by atoms with Crippen molar-refractivity contribution in [3.63, 3.8) is 0 Å². The lowest BCUT2D eigenvalue weighted by Gasteiger charge is -2.44. The number of anilines is 6. The van der Waals surface area contributed by atoms with Crippen molar-refractivity contribution in [1.82, 2.24) is 0 Å². The van der Waals surface area contributed by atoms with Crippen molar-refractivity contribution in [3.05, 3.63) is 124 Å². The van der Waals surface area contributed by atoms with E-state index in [2.05, 4.69) is 167 Å². The molecule has 0 atom stereocenters. The van der Waals surface area contributed by atoms with Crippen molar-refractivity contribution >= 4 is 68.4 Å². The van der Waals surface area contributed by atoms with Gasteiger partial charge in [0.05, 0.1) is 16.8 Å². The van der Waals surface area contributed by atoms with E-state index in [1.807, 2.05) is 20.8 Å². The van der Waals surface area contributed by atoms with Gasteiger partial charge in [0.15, 0.2) is 0 Å². The molecule has 0 fully saturated rings. The Morgan fingerprint density at radius 1 is 0.557 bits per heavy atom. The number of nitrogens with zero attached hydrogens (tertiary/aromatic N) is 2. The minimum absolute atomic E-state index is 0.0119. The molecule has 5 aromatic carbocycles. The number of rotatable bonds is 2. The van der Waals surface area contributed by atoms with Gasteiger partial charge in [-0.3, -0.25) is 0 Å². The van der Waals surface area contributed by atoms with Gasteiger partial charge in [-0.2, -0.15) is 0 Å². The molecule has 0 N–H and O–H groups in total. The molecule has 0 radical (unpaired) electrons. The molecule has 316 valence electrons. The molecule has 1 aliphatic carbocycles. The van der Waals surface area contributed by atoms with Crippen LogP contribution in [0.4, 0.5) is 34.1 Å². The highest BCUT2D eigenvalue weighted by Crippen LogP contribution is 2.52. The Kier molecular flexibility index (Phi) is 7.97. The van der Waals surface area contributed by atoms with Crippen molar-refractivity contribution in [2.75, 3.05) is 9.80 Å². The minimum atomic E-state index is -0.609. The second-order valence-electron chi connectivity index (χ2n) is 24.1. The maximum absolute atomic E-state index is 9.88. The third kappa shape index (κ3) is 6.69. The van der Waals surface area contributed by atoms with E-state index in [4.69, 9.17) is 4.42 Å². The number of hydrogen-bond donors (Lipinski definition) is 0. The highest BCUT2D eigenvalue weighted by Gasteiger charge is 2.48. The summed E-state index contributed by atoms with van der Waals surface area (Å²) in [5.41, 5.74) is 15.5. The lowest BCUT2D eigenvalue weighted by molar-refractivity contribution is 0.332. The summed E-state index contributed by atoms with van der Waals surface area (Å²) in [6, 6.07) is 23.1. The molecule has 1 aromatic heterocycles. The number of fused-ring (bicyclic) bond motifs is 7. The van der Waals surface area contributed by atoms with Crippen LogP contribution in [0.5, 0.6) is 0 Å². The molecular weight excluding hydrogens is 739 g/mol. The average molecular weight is 813 g/mol. The van der Waals surface area contributed by atoms with Crippen LogP contribution in [0.3, 0.4) is 0 Å². The molecule has 2 aliphatic heterocycles. The highest BCUT2D eigenvalue weighted by atomic mass is 16.3. The third-order valence-corrected chi connectivity index (χ3v) is 14.1. The molecule has 6 aromatic rings. The van der Waals surface area contributed by atoms with E-state index in [-0.39, 0.29) is 63.6 Å². The van der Waals surface area contributed by atoms with Crippen LogP contribution in [-0.2, 0) is 32.5 Å². The predicted octanol–water partition coefficient (Wildman–Crippen LogP) is 14.4. The standard InChI is InChI=1S/C57H69BN2O/c1-34-26-46-49-47(27-34)60(39-21-18-35(19-22-39)52(2,3)4)50-41-32-42-43(57(16,17)25-24-56(42,14)15)33-48(41)61-51(50)58(49)44-23-20-36(53(5,6)7)31-45(44)59(46)40-29-37(54(8,9)10)28-38(30-40)55(11,12)13/h18-23,26-33H,24-25H2,1-17H3/i18D,19D,21D,22D. The SMILES string of the molecule is [2H]c1c([2H])c(C(C)(C)C)c([2H])c([2H])c1N1c2cc(C)cc3c2B(c2ccc(C(C)(C)C)cc2N3c2cc(C(C)(C)C)cc(C(C)(C)C)c2)c2oc3cc4c(cc3c21)C(C)(C)CCC4(C)C. The zero-order valence-corrected chi connectivity index (χ0v) is 40.1. The zero-order chi connectivity index (χ0) is 47.6. The van der Waals surface area contributed by atoms with Gasteiger partial charge in [-0.05, 0) is 157 Å². The third-order valence-electron chi connectivity index (χ3n) is 14.1. The van der Waals surface area contributed by atoms with Crippen molar-refractivity contribution in [2.45, 2.75) is 163 Å². The highest BCUT2D eigenvalue weighted by molar-refractivity contribution is 7.00. The molecule has 0 bridgehead atoms. The van der Waals surface area contributed by atoms with Crippen LogP contribution >= 0.6 is 0 Å². The summed E-state index contributed by atoms with van der Waals surface area (Å²) < 4.78 is 46.2. The van der Waals surface area contributed by atoms with Crippen LogP contribution in [0.15, 0.2) is 89.3 Å². The average Bonchev–Trinajstić information content (AvgIpc) is 3.55. The van der Waals surface area contributed by atoms with E-state index in [1.54, 1.807) is 0 Å². The molecular formula is C57H69BN2O. The maximum Gasteiger partial charge on any atom is 0.297 e. The van der Waals surface area contributed by atoms with Crippen molar-refractivity contribution in [2.24, 2.45) is 0 Å². The summed E-state index contributed by atoms with van der Waals surface area (Å²) in [7, 11) is 0. The van der Waals surface area contributed by atoms with Gasteiger partial charge in [-0.25, -0.2) is 0 Å². The minimum Gasteiger partial charge on any atom is -0.468 e. The molecule has 0 amide bonds. The quantitative estimate of drug-likeness (QED) is 0.162. The number of benzene rings is 5. The second-order valence-corrected chi connectivity index (χ2v) is 24.1. The van der Waals surface area contributed by atoms with Crippen molar-refractivity contribution in [1.29, 1.82) is 0 Å². The molecule has 3 aliphatic rings. The van der Waals surface area contributed by atoms with Crippen LogP contribution < -0.4 is 26.4 Å². The van der Waals surface area contributed by atoms with Gasteiger partial charge in [0.1, 0.15) is 5.58 Å². The molecule has 4 heteroatoms. The smallest absolute Gasteiger partial charge is 0.297 e. The lowest BCUT2D eigenvalue weighted by atomic mass is 9.35. The number of aryl methyl sites for hydroxylation is 1. The Labute approximate surface area is 373 Å². The van der Waals surface area contributed by atoms with E-state index in [1.165, 1.54) is 27.8 Å². The Morgan fingerprint density at radius 3 is 1.62 bits per heavy atom. The predicted molar refractivity (Wildman–Crippen MR) is 265 cm³/mol. The summed E-state index contributed by atoms with van der Waals surface area (Å²) in [6.07, 6.45) is 2.12. The fourth-order valence-electron chi connectivity index (χ4n) is 10.1. The van der Waals surface area contributed by atoms with E-state index in [0.717, 1.165) is 74.4 Å². The summed E-state index contributed by atoms with van der Waals surface area (Å²) in [4.78, 5) is 4.52. The van der Waals surface area contributed by atoms with E-state index in [0.29, 0.717) is 5.56 Å². The van der Waals surface area contributed by atoms with Crippen molar-refractivity contribution < 1.29 is 9.90 Å². The van der Waals surface area contributed by atoms with Crippen molar-refractivity contribution in [3.8, 4) is 0 Å². The summed E-state index contributed by atoms with van der Waals surface area (Å²) in [6.45, 7) is 37.6. The van der Waals surface area contributed by atoms with Crippen LogP contribution in [0.2, 0.25) is 0 Å². The molecule has 61 heavy (non-hydrogen) atoms. The first-order valence-electron chi connectivity index (χ1n) is 24.6.